The molecule has 1 N–H and O–H groups in total. The van der Waals surface area contributed by atoms with Crippen LogP contribution in [0.4, 0.5) is 0 Å². The van der Waals surface area contributed by atoms with Gasteiger partial charge in [-0.05, 0) is 26.4 Å². The van der Waals surface area contributed by atoms with E-state index in [1.807, 2.05) is 0 Å². The van der Waals surface area contributed by atoms with Crippen LogP contribution in [-0.2, 0) is 25.4 Å². The Morgan fingerprint density at radius 2 is 2.17 bits per heavy atom. The number of amides is 1. The number of aromatic nitrogens is 4. The first-order chi connectivity index (χ1) is 13.2. The number of carbonyl (C=O) groups excluding carboxylic acids is 1. The molecule has 1 amide bonds. The number of rotatable bonds is 7. The molecule has 0 radical (unpaired) electrons. The quantitative estimate of drug-likeness (QED) is 0.645. The average molecular weight is 341 g/mol. The van der Waals surface area contributed by atoms with Crippen molar-refractivity contribution >= 4 is 17.1 Å². The summed E-state index contributed by atoms with van der Waals surface area (Å²) in [5.41, 5.74) is -0.791. The standard InChI is InChI=1S/C15H24N6O3/c1-5-18(2)8-6-7-16-11(22)9-21-10-17-13-12(21)14(23)20(4)15(24)19(13)3/h10H,5-9H2,1-4H3,(H,16,22)/i2D3,5D2. The summed E-state index contributed by atoms with van der Waals surface area (Å²) >= 11 is 0. The maximum atomic E-state index is 12.4. The monoisotopic (exact) mass is 341 g/mol. The summed E-state index contributed by atoms with van der Waals surface area (Å²) in [5.74, 6) is -0.430. The van der Waals surface area contributed by atoms with E-state index in [0.717, 1.165) is 16.4 Å². The van der Waals surface area contributed by atoms with Gasteiger partial charge in [-0.1, -0.05) is 6.92 Å². The minimum atomic E-state index is -2.59. The average Bonchev–Trinajstić information content (AvgIpc) is 2.99. The number of hydrogen-bond acceptors (Lipinski definition) is 5. The van der Waals surface area contributed by atoms with Gasteiger partial charge in [0.15, 0.2) is 11.2 Å². The van der Waals surface area contributed by atoms with Crippen molar-refractivity contribution in [1.82, 2.24) is 28.9 Å². The highest BCUT2D eigenvalue weighted by Crippen LogP contribution is 2.04. The first kappa shape index (κ1) is 12.0. The second-order valence-electron chi connectivity index (χ2n) is 5.33. The molecule has 0 spiro atoms. The Balaban J connectivity index is 2.02. The molecule has 0 fully saturated rings. The lowest BCUT2D eigenvalue weighted by Gasteiger charge is -2.13. The molecule has 0 aliphatic carbocycles. The van der Waals surface area contributed by atoms with Crippen LogP contribution in [0, 0.1) is 0 Å². The summed E-state index contributed by atoms with van der Waals surface area (Å²) in [6.45, 7) is -3.60. The Labute approximate surface area is 146 Å². The molecule has 2 aromatic rings. The third-order valence-corrected chi connectivity index (χ3v) is 3.68. The van der Waals surface area contributed by atoms with Crippen LogP contribution in [0.5, 0.6) is 0 Å². The van der Waals surface area contributed by atoms with Gasteiger partial charge >= 0.3 is 5.69 Å². The van der Waals surface area contributed by atoms with E-state index in [9.17, 15) is 14.4 Å². The van der Waals surface area contributed by atoms with Crippen LogP contribution in [-0.4, -0.2) is 56.1 Å². The molecular weight excluding hydrogens is 312 g/mol. The number of carbonyl (C=O) groups is 1. The Hall–Kier alpha value is -2.42. The molecule has 0 aliphatic heterocycles. The number of nitrogens with zero attached hydrogens (tertiary/aromatic N) is 5. The van der Waals surface area contributed by atoms with Crippen molar-refractivity contribution in [3.63, 3.8) is 0 Å². The molecule has 0 aliphatic rings. The Kier molecular flexibility index (Phi) is 3.72. The van der Waals surface area contributed by atoms with Crippen LogP contribution in [0.15, 0.2) is 15.9 Å². The smallest absolute Gasteiger partial charge is 0.332 e. The van der Waals surface area contributed by atoms with Crippen molar-refractivity contribution in [3.8, 4) is 0 Å². The molecular formula is C15H24N6O3. The summed E-state index contributed by atoms with van der Waals surface area (Å²) in [7, 11) is 2.81. The minimum Gasteiger partial charge on any atom is -0.355 e. The van der Waals surface area contributed by atoms with E-state index in [2.05, 4.69) is 10.3 Å². The molecule has 132 valence electrons. The molecule has 0 saturated carbocycles. The number of hydrogen-bond donors (Lipinski definition) is 1. The van der Waals surface area contributed by atoms with E-state index in [1.165, 1.54) is 29.6 Å². The van der Waals surface area contributed by atoms with E-state index in [4.69, 9.17) is 6.85 Å². The number of nitrogens with one attached hydrogen (secondary N) is 1. The van der Waals surface area contributed by atoms with E-state index in [1.54, 1.807) is 0 Å². The Morgan fingerprint density at radius 1 is 1.42 bits per heavy atom. The van der Waals surface area contributed by atoms with Gasteiger partial charge in [0.25, 0.3) is 5.56 Å². The van der Waals surface area contributed by atoms with Gasteiger partial charge in [0.1, 0.15) is 6.54 Å². The summed E-state index contributed by atoms with van der Waals surface area (Å²) in [4.78, 5) is 41.3. The Morgan fingerprint density at radius 3 is 2.83 bits per heavy atom. The van der Waals surface area contributed by atoms with Crippen LogP contribution < -0.4 is 16.6 Å². The number of imidazole rings is 1. The fourth-order valence-electron chi connectivity index (χ4n) is 2.30. The molecule has 2 aromatic heterocycles. The van der Waals surface area contributed by atoms with Crippen molar-refractivity contribution < 1.29 is 11.6 Å². The first-order valence-corrected chi connectivity index (χ1v) is 7.40. The molecule has 0 unspecified atom stereocenters. The van der Waals surface area contributed by atoms with Crippen LogP contribution in [0.2, 0.25) is 0 Å². The first-order valence-electron chi connectivity index (χ1n) is 9.90. The zero-order valence-corrected chi connectivity index (χ0v) is 13.9. The molecule has 9 heteroatoms. The van der Waals surface area contributed by atoms with Crippen LogP contribution >= 0.6 is 0 Å². The second-order valence-corrected chi connectivity index (χ2v) is 5.33. The molecule has 0 saturated heterocycles. The topological polar surface area (TPSA) is 94.2 Å². The zero-order valence-electron chi connectivity index (χ0n) is 18.9. The predicted octanol–water partition coefficient (Wildman–Crippen LogP) is -1.11. The molecule has 24 heavy (non-hydrogen) atoms. The normalized spacial score (nSPS) is 15.6. The molecule has 2 heterocycles. The summed E-state index contributed by atoms with van der Waals surface area (Å²) in [5, 5.41) is 2.61. The van der Waals surface area contributed by atoms with Crippen LogP contribution in [0.3, 0.4) is 0 Å². The molecule has 2 rings (SSSR count). The third kappa shape index (κ3) is 3.56. The van der Waals surface area contributed by atoms with Gasteiger partial charge in [-0.3, -0.25) is 18.7 Å². The maximum Gasteiger partial charge on any atom is 0.332 e. The fourth-order valence-corrected chi connectivity index (χ4v) is 2.30. The lowest BCUT2D eigenvalue weighted by Crippen LogP contribution is -2.38. The molecule has 0 aromatic carbocycles. The third-order valence-electron chi connectivity index (χ3n) is 3.68. The van der Waals surface area contributed by atoms with Gasteiger partial charge < -0.3 is 14.8 Å². The lowest BCUT2D eigenvalue weighted by molar-refractivity contribution is -0.121. The van der Waals surface area contributed by atoms with E-state index < -0.39 is 30.6 Å². The Bertz CT molecular complexity index is 1000. The minimum absolute atomic E-state index is 0.0725. The highest BCUT2D eigenvalue weighted by atomic mass is 16.2. The highest BCUT2D eigenvalue weighted by Gasteiger charge is 2.15. The van der Waals surface area contributed by atoms with Gasteiger partial charge in [0.05, 0.1) is 6.33 Å². The van der Waals surface area contributed by atoms with Crippen molar-refractivity contribution in [1.29, 1.82) is 0 Å². The van der Waals surface area contributed by atoms with Crippen LogP contribution in [0.25, 0.3) is 11.2 Å². The predicted molar refractivity (Wildman–Crippen MR) is 91.0 cm³/mol. The van der Waals surface area contributed by atoms with E-state index in [-0.39, 0.29) is 37.2 Å². The van der Waals surface area contributed by atoms with Gasteiger partial charge in [0, 0.05) is 27.5 Å². The van der Waals surface area contributed by atoms with Crippen molar-refractivity contribution in [2.75, 3.05) is 26.6 Å². The molecule has 0 bridgehead atoms. The highest BCUT2D eigenvalue weighted by molar-refractivity contribution is 5.78. The number of fused-ring (bicyclic) bond motifs is 1. The van der Waals surface area contributed by atoms with E-state index >= 15 is 0 Å². The zero-order chi connectivity index (χ0) is 22.1. The van der Waals surface area contributed by atoms with Crippen LogP contribution in [0.1, 0.15) is 20.2 Å². The van der Waals surface area contributed by atoms with Crippen molar-refractivity contribution in [2.24, 2.45) is 14.1 Å². The fraction of sp³-hybridized carbons (Fsp3) is 0.600. The second kappa shape index (κ2) is 7.43. The molecule has 0 atom stereocenters. The van der Waals surface area contributed by atoms with Crippen molar-refractivity contribution in [3.05, 3.63) is 27.2 Å². The van der Waals surface area contributed by atoms with Gasteiger partial charge in [0.2, 0.25) is 5.91 Å². The van der Waals surface area contributed by atoms with Crippen molar-refractivity contribution in [2.45, 2.75) is 19.9 Å². The molecule has 9 nitrogen and oxygen atoms in total. The summed E-state index contributed by atoms with van der Waals surface area (Å²) in [6, 6.07) is 0. The van der Waals surface area contributed by atoms with E-state index in [0.29, 0.717) is 0 Å². The largest absolute Gasteiger partial charge is 0.355 e. The summed E-state index contributed by atoms with van der Waals surface area (Å²) < 4.78 is 41.0. The van der Waals surface area contributed by atoms with Gasteiger partial charge in [-0.15, -0.1) is 0 Å². The number of aryl methyl sites for hydroxylation is 1. The summed E-state index contributed by atoms with van der Waals surface area (Å²) in [6.07, 6.45) is 1.52. The van der Waals surface area contributed by atoms with Gasteiger partial charge in [-0.2, -0.15) is 0 Å². The SMILES string of the molecule is [2H]C([2H])([2H])N(CCCNC(=O)Cn1cnc2c1c(=O)n(C)c(=O)n2C)C([2H])([2H])C. The lowest BCUT2D eigenvalue weighted by atomic mass is 10.4. The maximum absolute atomic E-state index is 12.4. The van der Waals surface area contributed by atoms with Gasteiger partial charge in [-0.25, -0.2) is 9.78 Å².